The molecule has 0 bridgehead atoms. The minimum atomic E-state index is -0.251. The normalized spacial score (nSPS) is 11.9. The van der Waals surface area contributed by atoms with Crippen LogP contribution in [-0.2, 0) is 9.53 Å². The molecule has 0 unspecified atom stereocenters. The summed E-state index contributed by atoms with van der Waals surface area (Å²) in [6.45, 7) is 6.04. The number of thioether (sulfide) groups is 1. The largest absolute Gasteiger partial charge is 0.490 e. The van der Waals surface area contributed by atoms with Crippen molar-refractivity contribution in [3.05, 3.63) is 29.8 Å². The van der Waals surface area contributed by atoms with Crippen molar-refractivity contribution < 1.29 is 14.3 Å². The molecule has 0 heterocycles. The maximum atomic E-state index is 11.1. The van der Waals surface area contributed by atoms with Crippen LogP contribution in [0, 0.1) is 6.92 Å². The van der Waals surface area contributed by atoms with E-state index in [-0.39, 0.29) is 12.1 Å². The highest BCUT2D eigenvalue weighted by Crippen LogP contribution is 2.15. The van der Waals surface area contributed by atoms with Crippen molar-refractivity contribution in [2.45, 2.75) is 39.7 Å². The van der Waals surface area contributed by atoms with Crippen LogP contribution >= 0.6 is 11.8 Å². The topological polar surface area (TPSA) is 35.5 Å². The molecule has 0 radical (unpaired) electrons. The third-order valence-electron chi connectivity index (χ3n) is 2.70. The van der Waals surface area contributed by atoms with Gasteiger partial charge in [-0.25, -0.2) is 0 Å². The molecular formula is C16H24O3S. The number of esters is 1. The van der Waals surface area contributed by atoms with E-state index in [9.17, 15) is 4.79 Å². The van der Waals surface area contributed by atoms with Crippen molar-refractivity contribution in [1.29, 1.82) is 0 Å². The molecule has 0 aliphatic heterocycles. The van der Waals surface area contributed by atoms with E-state index in [0.29, 0.717) is 6.61 Å². The number of carbonyl (C=O) groups is 1. The van der Waals surface area contributed by atoms with Crippen LogP contribution in [0.1, 0.15) is 32.3 Å². The lowest BCUT2D eigenvalue weighted by Crippen LogP contribution is -2.26. The van der Waals surface area contributed by atoms with Gasteiger partial charge in [0.25, 0.3) is 0 Å². The quantitative estimate of drug-likeness (QED) is 0.512. The number of hydrogen-bond acceptors (Lipinski definition) is 4. The summed E-state index contributed by atoms with van der Waals surface area (Å²) in [7, 11) is 0. The van der Waals surface area contributed by atoms with E-state index in [4.69, 9.17) is 9.47 Å². The Balaban J connectivity index is 2.41. The summed E-state index contributed by atoms with van der Waals surface area (Å²) in [4.78, 5) is 11.1. The average molecular weight is 296 g/mol. The highest BCUT2D eigenvalue weighted by molar-refractivity contribution is 7.99. The first-order valence-corrected chi connectivity index (χ1v) is 8.21. The maximum Gasteiger partial charge on any atom is 0.303 e. The molecular weight excluding hydrogens is 272 g/mol. The molecule has 1 aromatic carbocycles. The van der Waals surface area contributed by atoms with Crippen molar-refractivity contribution in [3.8, 4) is 5.75 Å². The third-order valence-corrected chi connectivity index (χ3v) is 3.89. The van der Waals surface area contributed by atoms with Crippen LogP contribution in [0.4, 0.5) is 0 Å². The van der Waals surface area contributed by atoms with E-state index in [2.05, 4.69) is 6.92 Å². The van der Waals surface area contributed by atoms with E-state index in [1.54, 1.807) is 0 Å². The number of unbranched alkanes of at least 4 members (excludes halogenated alkanes) is 1. The minimum Gasteiger partial charge on any atom is -0.490 e. The van der Waals surface area contributed by atoms with Gasteiger partial charge in [-0.3, -0.25) is 4.79 Å². The van der Waals surface area contributed by atoms with Gasteiger partial charge in [0.2, 0.25) is 0 Å². The van der Waals surface area contributed by atoms with Crippen molar-refractivity contribution in [1.82, 2.24) is 0 Å². The molecule has 0 aliphatic rings. The molecule has 0 aliphatic carbocycles. The Morgan fingerprint density at radius 3 is 2.85 bits per heavy atom. The third kappa shape index (κ3) is 7.43. The molecule has 4 heteroatoms. The Kier molecular flexibility index (Phi) is 8.19. The molecule has 0 saturated heterocycles. The number of carbonyl (C=O) groups excluding carboxylic acids is 1. The Labute approximate surface area is 126 Å². The zero-order chi connectivity index (χ0) is 14.8. The van der Waals surface area contributed by atoms with Gasteiger partial charge in [0.15, 0.2) is 0 Å². The zero-order valence-corrected chi connectivity index (χ0v) is 13.4. The van der Waals surface area contributed by atoms with E-state index in [1.165, 1.54) is 19.8 Å². The van der Waals surface area contributed by atoms with Crippen LogP contribution in [0.5, 0.6) is 5.75 Å². The van der Waals surface area contributed by atoms with Gasteiger partial charge < -0.3 is 9.47 Å². The van der Waals surface area contributed by atoms with Crippen LogP contribution in [0.15, 0.2) is 24.3 Å². The van der Waals surface area contributed by atoms with Gasteiger partial charge in [0.05, 0.1) is 0 Å². The minimum absolute atomic E-state index is 0.185. The summed E-state index contributed by atoms with van der Waals surface area (Å²) < 4.78 is 11.0. The van der Waals surface area contributed by atoms with Crippen molar-refractivity contribution in [2.75, 3.05) is 18.1 Å². The Morgan fingerprint density at radius 2 is 2.20 bits per heavy atom. The summed E-state index contributed by atoms with van der Waals surface area (Å²) in [5.41, 5.74) is 1.16. The second-order valence-corrected chi connectivity index (χ2v) is 5.94. The summed E-state index contributed by atoms with van der Waals surface area (Å²) in [5, 5.41) is 0. The van der Waals surface area contributed by atoms with Gasteiger partial charge in [-0.15, -0.1) is 0 Å². The van der Waals surface area contributed by atoms with E-state index in [1.807, 2.05) is 43.0 Å². The highest BCUT2D eigenvalue weighted by Gasteiger charge is 2.13. The predicted octanol–water partition coefficient (Wildman–Crippen LogP) is 3.84. The fraction of sp³-hybridized carbons (Fsp3) is 0.562. The molecule has 1 rings (SSSR count). The first-order chi connectivity index (χ1) is 9.61. The number of benzene rings is 1. The van der Waals surface area contributed by atoms with Crippen LogP contribution in [0.2, 0.25) is 0 Å². The molecule has 20 heavy (non-hydrogen) atoms. The number of rotatable bonds is 9. The summed E-state index contributed by atoms with van der Waals surface area (Å²) in [6.07, 6.45) is 2.19. The summed E-state index contributed by atoms with van der Waals surface area (Å²) >= 11 is 1.81. The molecule has 1 aromatic rings. The Bertz CT molecular complexity index is 406. The second kappa shape index (κ2) is 9.70. The molecule has 1 atom stereocenters. The van der Waals surface area contributed by atoms with Crippen LogP contribution in [0.3, 0.4) is 0 Å². The molecule has 0 spiro atoms. The standard InChI is InChI=1S/C16H24O3S/c1-4-5-9-20-12-16(19-14(3)17)11-18-15-8-6-7-13(2)10-15/h6-8,10,16H,4-5,9,11-12H2,1-3H3/t16-/m0/s1. The average Bonchev–Trinajstić information content (AvgIpc) is 2.40. The lowest BCUT2D eigenvalue weighted by molar-refractivity contribution is -0.146. The van der Waals surface area contributed by atoms with Gasteiger partial charge in [0.1, 0.15) is 18.5 Å². The highest BCUT2D eigenvalue weighted by atomic mass is 32.2. The molecule has 112 valence electrons. The summed E-state index contributed by atoms with van der Waals surface area (Å²) in [5.74, 6) is 2.45. The van der Waals surface area contributed by atoms with Crippen molar-refractivity contribution >= 4 is 17.7 Å². The fourth-order valence-electron chi connectivity index (χ4n) is 1.71. The summed E-state index contributed by atoms with van der Waals surface area (Å²) in [6, 6.07) is 7.88. The van der Waals surface area contributed by atoms with Gasteiger partial charge in [-0.05, 0) is 36.8 Å². The fourth-order valence-corrected chi connectivity index (χ4v) is 2.79. The van der Waals surface area contributed by atoms with Crippen LogP contribution < -0.4 is 4.74 Å². The predicted molar refractivity (Wildman–Crippen MR) is 84.5 cm³/mol. The van der Waals surface area contributed by atoms with Gasteiger partial charge in [-0.2, -0.15) is 11.8 Å². The van der Waals surface area contributed by atoms with Crippen molar-refractivity contribution in [3.63, 3.8) is 0 Å². The van der Waals surface area contributed by atoms with Crippen molar-refractivity contribution in [2.24, 2.45) is 0 Å². The van der Waals surface area contributed by atoms with E-state index >= 15 is 0 Å². The van der Waals surface area contributed by atoms with Crippen LogP contribution in [0.25, 0.3) is 0 Å². The zero-order valence-electron chi connectivity index (χ0n) is 12.6. The van der Waals surface area contributed by atoms with E-state index in [0.717, 1.165) is 22.8 Å². The van der Waals surface area contributed by atoms with Crippen LogP contribution in [-0.4, -0.2) is 30.2 Å². The SMILES string of the molecule is CCCCSC[C@H](COc1cccc(C)c1)OC(C)=O. The first kappa shape index (κ1) is 16.9. The first-order valence-electron chi connectivity index (χ1n) is 7.06. The molecule has 0 aromatic heterocycles. The van der Waals surface area contributed by atoms with Gasteiger partial charge in [-0.1, -0.05) is 25.5 Å². The lowest BCUT2D eigenvalue weighted by atomic mass is 10.2. The molecule has 0 amide bonds. The van der Waals surface area contributed by atoms with Gasteiger partial charge in [0, 0.05) is 12.7 Å². The molecule has 3 nitrogen and oxygen atoms in total. The monoisotopic (exact) mass is 296 g/mol. The Hall–Kier alpha value is -1.16. The number of hydrogen-bond donors (Lipinski definition) is 0. The molecule has 0 saturated carbocycles. The maximum absolute atomic E-state index is 11.1. The molecule has 0 N–H and O–H groups in total. The Morgan fingerprint density at radius 1 is 1.40 bits per heavy atom. The smallest absolute Gasteiger partial charge is 0.303 e. The second-order valence-electron chi connectivity index (χ2n) is 4.79. The number of ether oxygens (including phenoxy) is 2. The lowest BCUT2D eigenvalue weighted by Gasteiger charge is -2.17. The molecule has 0 fully saturated rings. The number of aryl methyl sites for hydroxylation is 1. The van der Waals surface area contributed by atoms with Gasteiger partial charge >= 0.3 is 5.97 Å². The van der Waals surface area contributed by atoms with E-state index < -0.39 is 0 Å².